The molecule has 0 saturated heterocycles. The van der Waals surface area contributed by atoms with Gasteiger partial charge in [-0.2, -0.15) is 25.2 Å². The summed E-state index contributed by atoms with van der Waals surface area (Å²) in [6, 6.07) is 9.46. The molecule has 0 spiro atoms. The Morgan fingerprint density at radius 3 is 2.77 bits per heavy atom. The first-order valence-corrected chi connectivity index (χ1v) is 9.84. The van der Waals surface area contributed by atoms with Crippen molar-refractivity contribution >= 4 is 40.0 Å². The minimum absolute atomic E-state index is 0.0384. The van der Waals surface area contributed by atoms with Crippen molar-refractivity contribution in [2.24, 2.45) is 0 Å². The van der Waals surface area contributed by atoms with Crippen LogP contribution in [-0.2, 0) is 0 Å². The van der Waals surface area contributed by atoms with Gasteiger partial charge in [-0.1, -0.05) is 0 Å². The van der Waals surface area contributed by atoms with Gasteiger partial charge in [-0.05, 0) is 60.5 Å². The molecule has 0 aliphatic heterocycles. The number of aromatic nitrogens is 4. The number of fused-ring (bicyclic) bond motifs is 1. The fourth-order valence-corrected chi connectivity index (χ4v) is 4.21. The van der Waals surface area contributed by atoms with Crippen LogP contribution in [0, 0.1) is 13.8 Å². The van der Waals surface area contributed by atoms with E-state index in [1.165, 1.54) is 0 Å². The van der Waals surface area contributed by atoms with Gasteiger partial charge in [-0.3, -0.25) is 9.48 Å². The Bertz CT molecular complexity index is 1050. The summed E-state index contributed by atoms with van der Waals surface area (Å²) in [4.78, 5) is 12.6. The van der Waals surface area contributed by atoms with E-state index in [0.29, 0.717) is 12.1 Å². The van der Waals surface area contributed by atoms with Gasteiger partial charge in [0, 0.05) is 17.8 Å². The van der Waals surface area contributed by atoms with Crippen molar-refractivity contribution in [2.75, 3.05) is 6.54 Å². The van der Waals surface area contributed by atoms with Crippen LogP contribution in [0.1, 0.15) is 33.4 Å². The lowest BCUT2D eigenvalue weighted by molar-refractivity contribution is 0.0949. The number of benzene rings is 1. The number of aryl methyl sites for hydroxylation is 2. The van der Waals surface area contributed by atoms with Gasteiger partial charge in [0.1, 0.15) is 11.0 Å². The number of hydrogen-bond acceptors (Lipinski definition) is 6. The molecule has 1 aromatic carbocycles. The van der Waals surface area contributed by atoms with Crippen LogP contribution in [0.15, 0.2) is 41.1 Å². The lowest BCUT2D eigenvalue weighted by Crippen LogP contribution is -2.32. The minimum atomic E-state index is -0.123. The van der Waals surface area contributed by atoms with E-state index in [-0.39, 0.29) is 11.9 Å². The molecule has 0 saturated carbocycles. The Morgan fingerprint density at radius 2 is 2.04 bits per heavy atom. The highest BCUT2D eigenvalue weighted by Crippen LogP contribution is 2.22. The van der Waals surface area contributed by atoms with E-state index >= 15 is 0 Å². The summed E-state index contributed by atoms with van der Waals surface area (Å²) >= 11 is 2.79. The molecule has 3 aromatic heterocycles. The van der Waals surface area contributed by atoms with Crippen molar-refractivity contribution in [3.05, 3.63) is 63.6 Å². The van der Waals surface area contributed by atoms with Crippen molar-refractivity contribution in [1.82, 2.24) is 23.8 Å². The van der Waals surface area contributed by atoms with E-state index in [9.17, 15) is 4.79 Å². The van der Waals surface area contributed by atoms with Crippen molar-refractivity contribution in [1.29, 1.82) is 0 Å². The standard InChI is InChI=1S/C18H17N5OS2/c1-11-7-12(2)23(20-11)17(14-5-6-25-10-14)9-19-18(24)13-3-4-15-16(8-13)22-26-21-15/h3-8,10,17H,9H2,1-2H3,(H,19,24)/t17-/m1/s1. The zero-order valence-corrected chi connectivity index (χ0v) is 16.0. The Kier molecular flexibility index (Phi) is 4.52. The summed E-state index contributed by atoms with van der Waals surface area (Å²) < 4.78 is 10.3. The lowest BCUT2D eigenvalue weighted by atomic mass is 10.1. The number of amides is 1. The summed E-state index contributed by atoms with van der Waals surface area (Å²) in [5.74, 6) is -0.123. The summed E-state index contributed by atoms with van der Waals surface area (Å²) in [7, 11) is 0. The minimum Gasteiger partial charge on any atom is -0.350 e. The SMILES string of the molecule is Cc1cc(C)n([C@H](CNC(=O)c2ccc3nsnc3c2)c2ccsc2)n1. The number of nitrogens with one attached hydrogen (secondary N) is 1. The van der Waals surface area contributed by atoms with E-state index in [0.717, 1.165) is 39.7 Å². The third kappa shape index (κ3) is 3.25. The van der Waals surface area contributed by atoms with Gasteiger partial charge in [-0.25, -0.2) is 0 Å². The highest BCUT2D eigenvalue weighted by Gasteiger charge is 2.19. The topological polar surface area (TPSA) is 72.7 Å². The van der Waals surface area contributed by atoms with Crippen molar-refractivity contribution in [3.8, 4) is 0 Å². The molecule has 1 atom stereocenters. The first-order valence-electron chi connectivity index (χ1n) is 8.17. The summed E-state index contributed by atoms with van der Waals surface area (Å²) in [5.41, 5.74) is 5.32. The molecule has 3 heterocycles. The van der Waals surface area contributed by atoms with Gasteiger partial charge in [0.25, 0.3) is 5.91 Å². The van der Waals surface area contributed by atoms with Crippen LogP contribution in [-0.4, -0.2) is 31.0 Å². The van der Waals surface area contributed by atoms with Crippen LogP contribution >= 0.6 is 23.1 Å². The van der Waals surface area contributed by atoms with Crippen LogP contribution in [0.2, 0.25) is 0 Å². The molecule has 4 aromatic rings. The Hall–Kier alpha value is -2.58. The quantitative estimate of drug-likeness (QED) is 0.572. The lowest BCUT2D eigenvalue weighted by Gasteiger charge is -2.19. The number of carbonyl (C=O) groups excluding carboxylic acids is 1. The van der Waals surface area contributed by atoms with E-state index < -0.39 is 0 Å². The normalized spacial score (nSPS) is 12.4. The van der Waals surface area contributed by atoms with Crippen molar-refractivity contribution in [3.63, 3.8) is 0 Å². The van der Waals surface area contributed by atoms with Gasteiger partial charge in [0.2, 0.25) is 0 Å². The van der Waals surface area contributed by atoms with Gasteiger partial charge in [-0.15, -0.1) is 0 Å². The second-order valence-electron chi connectivity index (χ2n) is 6.12. The van der Waals surface area contributed by atoms with Gasteiger partial charge < -0.3 is 5.32 Å². The maximum absolute atomic E-state index is 12.6. The molecule has 0 fully saturated rings. The summed E-state index contributed by atoms with van der Waals surface area (Å²) in [6.07, 6.45) is 0. The smallest absolute Gasteiger partial charge is 0.251 e. The van der Waals surface area contributed by atoms with Gasteiger partial charge in [0.15, 0.2) is 0 Å². The molecule has 4 rings (SSSR count). The molecule has 1 amide bonds. The van der Waals surface area contributed by atoms with E-state index in [1.54, 1.807) is 23.5 Å². The van der Waals surface area contributed by atoms with Crippen LogP contribution < -0.4 is 5.32 Å². The monoisotopic (exact) mass is 383 g/mol. The maximum atomic E-state index is 12.6. The molecular formula is C18H17N5OS2. The zero-order chi connectivity index (χ0) is 18.1. The zero-order valence-electron chi connectivity index (χ0n) is 14.3. The molecule has 0 unspecified atom stereocenters. The fourth-order valence-electron chi connectivity index (χ4n) is 2.99. The van der Waals surface area contributed by atoms with E-state index in [2.05, 4.69) is 30.6 Å². The Balaban J connectivity index is 1.56. The molecule has 0 radical (unpaired) electrons. The number of carbonyl (C=O) groups is 1. The number of thiophene rings is 1. The van der Waals surface area contributed by atoms with Gasteiger partial charge in [0.05, 0.1) is 23.5 Å². The Morgan fingerprint density at radius 1 is 1.19 bits per heavy atom. The first-order chi connectivity index (χ1) is 12.6. The predicted octanol–water partition coefficient (Wildman–Crippen LogP) is 3.59. The maximum Gasteiger partial charge on any atom is 0.251 e. The van der Waals surface area contributed by atoms with Crippen molar-refractivity contribution in [2.45, 2.75) is 19.9 Å². The summed E-state index contributed by atoms with van der Waals surface area (Å²) in [5, 5.41) is 11.8. The van der Waals surface area contributed by atoms with E-state index in [4.69, 9.17) is 0 Å². The van der Waals surface area contributed by atoms with Crippen LogP contribution in [0.3, 0.4) is 0 Å². The van der Waals surface area contributed by atoms with Crippen LogP contribution in [0.4, 0.5) is 0 Å². The average Bonchev–Trinajstić information content (AvgIpc) is 3.36. The van der Waals surface area contributed by atoms with Gasteiger partial charge >= 0.3 is 0 Å². The molecule has 0 aliphatic carbocycles. The molecule has 26 heavy (non-hydrogen) atoms. The summed E-state index contributed by atoms with van der Waals surface area (Å²) in [6.45, 7) is 4.47. The van der Waals surface area contributed by atoms with E-state index in [1.807, 2.05) is 36.0 Å². The highest BCUT2D eigenvalue weighted by atomic mass is 32.1. The largest absolute Gasteiger partial charge is 0.350 e. The number of hydrogen-bond donors (Lipinski definition) is 1. The second-order valence-corrected chi connectivity index (χ2v) is 7.43. The third-order valence-corrected chi connectivity index (χ3v) is 5.50. The average molecular weight is 384 g/mol. The second kappa shape index (κ2) is 6.97. The third-order valence-electron chi connectivity index (χ3n) is 4.24. The molecule has 0 aliphatic rings. The molecular weight excluding hydrogens is 366 g/mol. The van der Waals surface area contributed by atoms with Crippen LogP contribution in [0.5, 0.6) is 0 Å². The number of nitrogens with zero attached hydrogens (tertiary/aromatic N) is 4. The molecule has 132 valence electrons. The van der Waals surface area contributed by atoms with Crippen molar-refractivity contribution < 1.29 is 4.79 Å². The molecule has 6 nitrogen and oxygen atoms in total. The number of rotatable bonds is 5. The Labute approximate surface area is 158 Å². The highest BCUT2D eigenvalue weighted by molar-refractivity contribution is 7.08. The molecule has 1 N–H and O–H groups in total. The fraction of sp³-hybridized carbons (Fsp3) is 0.222. The van der Waals surface area contributed by atoms with Crippen LogP contribution in [0.25, 0.3) is 11.0 Å². The molecule has 8 heteroatoms. The predicted molar refractivity (Wildman–Crippen MR) is 104 cm³/mol. The first kappa shape index (κ1) is 16.9. The molecule has 0 bridgehead atoms.